The van der Waals surface area contributed by atoms with Crippen LogP contribution in [0.2, 0.25) is 0 Å². The number of thiocarbonyl (C=S) groups is 1. The van der Waals surface area contributed by atoms with E-state index in [9.17, 15) is 0 Å². The van der Waals surface area contributed by atoms with Crippen LogP contribution in [0.1, 0.15) is 5.56 Å². The van der Waals surface area contributed by atoms with Crippen LogP contribution in [0.25, 0.3) is 0 Å². The first-order valence-electron chi connectivity index (χ1n) is 2.42. The van der Waals surface area contributed by atoms with E-state index in [4.69, 9.17) is 5.73 Å². The molecule has 0 aliphatic heterocycles. The van der Waals surface area contributed by atoms with Crippen LogP contribution in [-0.2, 0) is 0 Å². The van der Waals surface area contributed by atoms with Crippen molar-refractivity contribution in [1.82, 2.24) is 4.98 Å². The van der Waals surface area contributed by atoms with E-state index in [1.807, 2.05) is 0 Å². The number of hydrogen-bond acceptors (Lipinski definition) is 2. The summed E-state index contributed by atoms with van der Waals surface area (Å²) in [6, 6.07) is 3.45. The smallest absolute Gasteiger partial charge is 0.105 e. The van der Waals surface area contributed by atoms with Gasteiger partial charge in [-0.3, -0.25) is 4.98 Å². The summed E-state index contributed by atoms with van der Waals surface area (Å²) >= 11 is 4.69. The number of pyridine rings is 1. The first kappa shape index (κ1) is 6.16. The average Bonchev–Trinajstić information content (AvgIpc) is 1.90. The van der Waals surface area contributed by atoms with Crippen molar-refractivity contribution in [2.24, 2.45) is 5.73 Å². The van der Waals surface area contributed by atoms with Crippen molar-refractivity contribution in [3.63, 3.8) is 0 Å². The van der Waals surface area contributed by atoms with E-state index >= 15 is 0 Å². The van der Waals surface area contributed by atoms with Crippen LogP contribution in [-0.4, -0.2) is 9.97 Å². The van der Waals surface area contributed by atoms with E-state index < -0.39 is 0 Å². The first-order valence-corrected chi connectivity index (χ1v) is 2.83. The molecular weight excluding hydrogens is 132 g/mol. The predicted octanol–water partition coefficient (Wildman–Crippen LogP) is 0.516. The standard InChI is InChI=1S/C6H5N2S/c7-6(9)5-2-1-3-8-4-5/h1-2,4H,(H2,7,9). The summed E-state index contributed by atoms with van der Waals surface area (Å²) in [6.07, 6.45) is 4.21. The van der Waals surface area contributed by atoms with E-state index in [1.54, 1.807) is 18.3 Å². The van der Waals surface area contributed by atoms with Gasteiger partial charge in [-0.05, 0) is 12.1 Å². The van der Waals surface area contributed by atoms with E-state index in [1.165, 1.54) is 0 Å². The minimum Gasteiger partial charge on any atom is -0.389 e. The lowest BCUT2D eigenvalue weighted by molar-refractivity contribution is 1.30. The number of nitrogens with zero attached hydrogens (tertiary/aromatic N) is 1. The lowest BCUT2D eigenvalue weighted by Crippen LogP contribution is -2.08. The molecule has 0 saturated carbocycles. The molecule has 1 radical (unpaired) electrons. The fraction of sp³-hybridized carbons (Fsp3) is 0. The maximum atomic E-state index is 5.29. The van der Waals surface area contributed by atoms with Gasteiger partial charge in [0, 0.05) is 11.8 Å². The van der Waals surface area contributed by atoms with Crippen LogP contribution in [0.15, 0.2) is 18.3 Å². The monoisotopic (exact) mass is 137 g/mol. The summed E-state index contributed by atoms with van der Waals surface area (Å²) in [6.45, 7) is 0. The zero-order valence-corrected chi connectivity index (χ0v) is 5.48. The molecule has 0 fully saturated rings. The zero-order valence-electron chi connectivity index (χ0n) is 4.66. The quantitative estimate of drug-likeness (QED) is 0.573. The van der Waals surface area contributed by atoms with Gasteiger partial charge in [0.25, 0.3) is 0 Å². The average molecular weight is 137 g/mol. The summed E-state index contributed by atoms with van der Waals surface area (Å²) in [7, 11) is 0. The van der Waals surface area contributed by atoms with Crippen molar-refractivity contribution in [2.75, 3.05) is 0 Å². The molecule has 3 heteroatoms. The molecule has 1 rings (SSSR count). The third-order valence-electron chi connectivity index (χ3n) is 0.900. The van der Waals surface area contributed by atoms with Crippen molar-refractivity contribution < 1.29 is 0 Å². The topological polar surface area (TPSA) is 38.9 Å². The summed E-state index contributed by atoms with van der Waals surface area (Å²) in [5, 5.41) is 0. The van der Waals surface area contributed by atoms with Gasteiger partial charge >= 0.3 is 0 Å². The van der Waals surface area contributed by atoms with Crippen molar-refractivity contribution in [3.8, 4) is 0 Å². The number of rotatable bonds is 1. The van der Waals surface area contributed by atoms with Gasteiger partial charge in [-0.1, -0.05) is 12.2 Å². The molecule has 0 unspecified atom stereocenters. The van der Waals surface area contributed by atoms with Gasteiger partial charge < -0.3 is 5.73 Å². The minimum absolute atomic E-state index is 0.372. The summed E-state index contributed by atoms with van der Waals surface area (Å²) in [5.41, 5.74) is 6.07. The molecule has 0 saturated heterocycles. The maximum Gasteiger partial charge on any atom is 0.105 e. The Morgan fingerprint density at radius 3 is 2.89 bits per heavy atom. The van der Waals surface area contributed by atoms with E-state index in [0.29, 0.717) is 4.99 Å². The second-order valence-corrected chi connectivity index (χ2v) is 1.98. The largest absolute Gasteiger partial charge is 0.389 e. The van der Waals surface area contributed by atoms with Crippen LogP contribution in [0, 0.1) is 6.20 Å². The molecule has 2 nitrogen and oxygen atoms in total. The fourth-order valence-electron chi connectivity index (χ4n) is 0.466. The zero-order chi connectivity index (χ0) is 6.69. The van der Waals surface area contributed by atoms with E-state index in [-0.39, 0.29) is 0 Å². The van der Waals surface area contributed by atoms with Gasteiger partial charge in [-0.2, -0.15) is 0 Å². The molecule has 0 amide bonds. The highest BCUT2D eigenvalue weighted by molar-refractivity contribution is 7.80. The molecule has 1 heterocycles. The van der Waals surface area contributed by atoms with Crippen molar-refractivity contribution in [3.05, 3.63) is 30.1 Å². The maximum absolute atomic E-state index is 5.29. The Balaban J connectivity index is 2.98. The molecule has 0 bridgehead atoms. The molecule has 1 aromatic rings. The Kier molecular flexibility index (Phi) is 1.75. The second-order valence-electron chi connectivity index (χ2n) is 1.54. The lowest BCUT2D eigenvalue weighted by Gasteiger charge is -1.91. The third-order valence-corrected chi connectivity index (χ3v) is 1.14. The molecule has 45 valence electrons. The minimum atomic E-state index is 0.372. The molecule has 0 spiro atoms. The number of nitrogens with two attached hydrogens (primary N) is 1. The van der Waals surface area contributed by atoms with Gasteiger partial charge in [0.2, 0.25) is 0 Å². The van der Waals surface area contributed by atoms with Crippen LogP contribution in [0.4, 0.5) is 0 Å². The third kappa shape index (κ3) is 1.47. The van der Waals surface area contributed by atoms with Crippen molar-refractivity contribution in [2.45, 2.75) is 0 Å². The summed E-state index contributed by atoms with van der Waals surface area (Å²) in [5.74, 6) is 0. The fourth-order valence-corrected chi connectivity index (χ4v) is 0.586. The molecule has 0 aromatic carbocycles. The molecule has 0 aliphatic carbocycles. The van der Waals surface area contributed by atoms with Gasteiger partial charge in [-0.25, -0.2) is 0 Å². The van der Waals surface area contributed by atoms with Gasteiger partial charge in [0.05, 0.1) is 6.20 Å². The van der Waals surface area contributed by atoms with E-state index in [0.717, 1.165) is 5.56 Å². The van der Waals surface area contributed by atoms with E-state index in [2.05, 4.69) is 23.4 Å². The molecular formula is C6H5N2S. The first-order chi connectivity index (χ1) is 4.30. The van der Waals surface area contributed by atoms with Gasteiger partial charge in [0.1, 0.15) is 4.99 Å². The Hall–Kier alpha value is -0.960. The Morgan fingerprint density at radius 1 is 1.78 bits per heavy atom. The SMILES string of the molecule is NC(=S)c1cc[c]nc1. The molecule has 0 aliphatic rings. The van der Waals surface area contributed by atoms with Crippen LogP contribution < -0.4 is 5.73 Å². The molecule has 2 N–H and O–H groups in total. The van der Waals surface area contributed by atoms with Crippen LogP contribution in [0.5, 0.6) is 0 Å². The molecule has 0 atom stereocenters. The highest BCUT2D eigenvalue weighted by Gasteiger charge is 1.90. The molecule has 1 aromatic heterocycles. The normalized spacial score (nSPS) is 8.89. The van der Waals surface area contributed by atoms with Crippen molar-refractivity contribution in [1.29, 1.82) is 0 Å². The number of hydrogen-bond donors (Lipinski definition) is 1. The van der Waals surface area contributed by atoms with Gasteiger partial charge in [-0.15, -0.1) is 0 Å². The lowest BCUT2D eigenvalue weighted by atomic mass is 10.3. The predicted molar refractivity (Wildman–Crippen MR) is 39.0 cm³/mol. The Bertz CT molecular complexity index is 208. The van der Waals surface area contributed by atoms with Crippen LogP contribution in [0.3, 0.4) is 0 Å². The molecule has 9 heavy (non-hydrogen) atoms. The van der Waals surface area contributed by atoms with Crippen molar-refractivity contribution >= 4 is 17.2 Å². The second kappa shape index (κ2) is 2.55. The van der Waals surface area contributed by atoms with Gasteiger partial charge in [0.15, 0.2) is 0 Å². The highest BCUT2D eigenvalue weighted by Crippen LogP contribution is 1.92. The Labute approximate surface area is 58.7 Å². The Morgan fingerprint density at radius 2 is 2.56 bits per heavy atom. The summed E-state index contributed by atoms with van der Waals surface area (Å²) in [4.78, 5) is 4.09. The highest BCUT2D eigenvalue weighted by atomic mass is 32.1. The van der Waals surface area contributed by atoms with Crippen LogP contribution >= 0.6 is 12.2 Å². The summed E-state index contributed by atoms with van der Waals surface area (Å²) < 4.78 is 0. The number of aromatic nitrogens is 1.